The Morgan fingerprint density at radius 3 is 2.46 bits per heavy atom. The number of rotatable bonds is 3. The number of hydrogen-bond donors (Lipinski definition) is 0. The molecule has 2 aromatic carbocycles. The minimum absolute atomic E-state index is 0.0419. The van der Waals surface area contributed by atoms with Gasteiger partial charge in [0.2, 0.25) is 5.78 Å². The first-order valence-corrected chi connectivity index (χ1v) is 8.96. The Bertz CT molecular complexity index is 992. The number of carboxylic acids is 1. The number of ether oxygens (including phenoxy) is 1. The zero-order chi connectivity index (χ0) is 19.7. The van der Waals surface area contributed by atoms with Crippen molar-refractivity contribution >= 4 is 28.9 Å². The molecule has 1 aliphatic carbocycles. The number of ketones is 2. The van der Waals surface area contributed by atoms with Crippen LogP contribution in [0.2, 0.25) is 0 Å². The van der Waals surface area contributed by atoms with Crippen LogP contribution in [0.15, 0.2) is 53.5 Å². The average molecular weight is 377 g/mol. The van der Waals surface area contributed by atoms with Gasteiger partial charge in [-0.3, -0.25) is 14.5 Å². The van der Waals surface area contributed by atoms with Crippen LogP contribution in [0, 0.1) is 0 Å². The lowest BCUT2D eigenvalue weighted by molar-refractivity contribution is -0.255. The van der Waals surface area contributed by atoms with Crippen LogP contribution >= 0.6 is 0 Å². The number of aliphatic imine (C=N–C) groups is 1. The van der Waals surface area contributed by atoms with E-state index in [1.165, 1.54) is 18.2 Å². The van der Waals surface area contributed by atoms with E-state index in [9.17, 15) is 19.5 Å². The fourth-order valence-electron chi connectivity index (χ4n) is 3.56. The average Bonchev–Trinajstić information content (AvgIpc) is 2.73. The van der Waals surface area contributed by atoms with Crippen molar-refractivity contribution in [1.29, 1.82) is 0 Å². The standard InChI is InChI=1S/C21H18N2O5/c24-19-15-6-1-2-7-16(15)20(25)18(23-8-10-28-11-9-23)17(19)22-14-5-3-4-13(12-14)21(26)27/h1-7,12,18H,8-11H2,(H,26,27)/p-1. The summed E-state index contributed by atoms with van der Waals surface area (Å²) in [5.41, 5.74) is 1.04. The van der Waals surface area contributed by atoms with Gasteiger partial charge in [0.1, 0.15) is 11.8 Å². The number of carbonyl (C=O) groups is 3. The number of hydrogen-bond acceptors (Lipinski definition) is 7. The van der Waals surface area contributed by atoms with Crippen LogP contribution in [0.1, 0.15) is 31.1 Å². The predicted molar refractivity (Wildman–Crippen MR) is 99.2 cm³/mol. The maximum Gasteiger partial charge on any atom is 0.210 e. The third-order valence-corrected chi connectivity index (χ3v) is 4.92. The fourth-order valence-corrected chi connectivity index (χ4v) is 3.56. The monoisotopic (exact) mass is 377 g/mol. The van der Waals surface area contributed by atoms with Crippen molar-refractivity contribution in [3.8, 4) is 0 Å². The summed E-state index contributed by atoms with van der Waals surface area (Å²) in [7, 11) is 0. The van der Waals surface area contributed by atoms with E-state index >= 15 is 0 Å². The van der Waals surface area contributed by atoms with Crippen LogP contribution in [0.3, 0.4) is 0 Å². The van der Waals surface area contributed by atoms with Crippen molar-refractivity contribution in [2.24, 2.45) is 4.99 Å². The van der Waals surface area contributed by atoms with Crippen LogP contribution in [0.4, 0.5) is 5.69 Å². The molecule has 0 radical (unpaired) electrons. The molecule has 4 rings (SSSR count). The first-order chi connectivity index (χ1) is 13.6. The number of morpholine rings is 1. The second-order valence-electron chi connectivity index (χ2n) is 6.62. The summed E-state index contributed by atoms with van der Waals surface area (Å²) >= 11 is 0. The molecule has 0 N–H and O–H groups in total. The van der Waals surface area contributed by atoms with Gasteiger partial charge >= 0.3 is 0 Å². The molecule has 1 heterocycles. The molecule has 0 aromatic heterocycles. The largest absolute Gasteiger partial charge is 0.545 e. The summed E-state index contributed by atoms with van der Waals surface area (Å²) in [6.45, 7) is 1.94. The Balaban J connectivity index is 1.84. The summed E-state index contributed by atoms with van der Waals surface area (Å²) in [4.78, 5) is 43.8. The molecule has 7 heteroatoms. The van der Waals surface area contributed by atoms with Crippen molar-refractivity contribution in [3.63, 3.8) is 0 Å². The van der Waals surface area contributed by atoms with Crippen LogP contribution in [-0.4, -0.2) is 60.5 Å². The molecule has 1 atom stereocenters. The summed E-state index contributed by atoms with van der Waals surface area (Å²) in [5.74, 6) is -1.85. The molecule has 0 amide bonds. The molecular weight excluding hydrogens is 360 g/mol. The highest BCUT2D eigenvalue weighted by atomic mass is 16.5. The lowest BCUT2D eigenvalue weighted by Crippen LogP contribution is -2.55. The highest BCUT2D eigenvalue weighted by molar-refractivity contribution is 6.55. The van der Waals surface area contributed by atoms with Gasteiger partial charge in [-0.2, -0.15) is 0 Å². The zero-order valence-electron chi connectivity index (χ0n) is 15.0. The molecule has 7 nitrogen and oxygen atoms in total. The molecule has 0 bridgehead atoms. The number of benzene rings is 2. The molecular formula is C21H17N2O5-. The minimum atomic E-state index is -1.33. The second-order valence-corrected chi connectivity index (χ2v) is 6.62. The van der Waals surface area contributed by atoms with Gasteiger partial charge < -0.3 is 14.6 Å². The molecule has 2 aliphatic rings. The maximum atomic E-state index is 13.2. The Hall–Kier alpha value is -3.16. The fraction of sp³-hybridized carbons (Fsp3) is 0.238. The smallest absolute Gasteiger partial charge is 0.210 e. The van der Waals surface area contributed by atoms with E-state index in [0.29, 0.717) is 37.4 Å². The topological polar surface area (TPSA) is 99.1 Å². The Morgan fingerprint density at radius 1 is 1.04 bits per heavy atom. The highest BCUT2D eigenvalue weighted by Crippen LogP contribution is 2.26. The van der Waals surface area contributed by atoms with E-state index in [4.69, 9.17) is 4.74 Å². The molecule has 2 aromatic rings. The van der Waals surface area contributed by atoms with E-state index < -0.39 is 12.0 Å². The highest BCUT2D eigenvalue weighted by Gasteiger charge is 2.42. The number of nitrogens with zero attached hydrogens (tertiary/aromatic N) is 2. The van der Waals surface area contributed by atoms with Crippen molar-refractivity contribution in [3.05, 3.63) is 65.2 Å². The minimum Gasteiger partial charge on any atom is -0.545 e. The van der Waals surface area contributed by atoms with Gasteiger partial charge in [0.25, 0.3) is 0 Å². The number of carbonyl (C=O) groups excluding carboxylic acids is 3. The molecule has 142 valence electrons. The second kappa shape index (κ2) is 7.46. The third-order valence-electron chi connectivity index (χ3n) is 4.92. The molecule has 0 spiro atoms. The Morgan fingerprint density at radius 2 is 1.75 bits per heavy atom. The molecule has 1 aliphatic heterocycles. The molecule has 1 fully saturated rings. The first kappa shape index (κ1) is 18.2. The van der Waals surface area contributed by atoms with E-state index in [1.807, 2.05) is 4.90 Å². The van der Waals surface area contributed by atoms with Crippen LogP contribution < -0.4 is 5.11 Å². The number of aromatic carboxylic acids is 1. The van der Waals surface area contributed by atoms with Gasteiger partial charge in [-0.1, -0.05) is 36.4 Å². The first-order valence-electron chi connectivity index (χ1n) is 8.96. The number of Topliss-reactive ketones (excluding diaryl/α,β-unsaturated/α-hetero) is 2. The Kier molecular flexibility index (Phi) is 4.85. The molecule has 0 saturated carbocycles. The third kappa shape index (κ3) is 3.26. The lowest BCUT2D eigenvalue weighted by atomic mass is 9.83. The van der Waals surface area contributed by atoms with E-state index in [-0.39, 0.29) is 28.5 Å². The van der Waals surface area contributed by atoms with Crippen LogP contribution in [0.5, 0.6) is 0 Å². The van der Waals surface area contributed by atoms with Gasteiger partial charge in [0, 0.05) is 24.2 Å². The normalized spacial score (nSPS) is 21.6. The lowest BCUT2D eigenvalue weighted by Gasteiger charge is -2.36. The van der Waals surface area contributed by atoms with Crippen LogP contribution in [-0.2, 0) is 4.74 Å². The van der Waals surface area contributed by atoms with E-state index in [1.54, 1.807) is 30.3 Å². The summed E-state index contributed by atoms with van der Waals surface area (Å²) < 4.78 is 5.37. The quantitative estimate of drug-likeness (QED) is 0.788. The van der Waals surface area contributed by atoms with E-state index in [0.717, 1.165) is 0 Å². The van der Waals surface area contributed by atoms with Gasteiger partial charge in [-0.05, 0) is 17.7 Å². The Labute approximate surface area is 161 Å². The van der Waals surface area contributed by atoms with Crippen molar-refractivity contribution in [2.45, 2.75) is 6.04 Å². The number of fused-ring (bicyclic) bond motifs is 1. The predicted octanol–water partition coefficient (Wildman–Crippen LogP) is 0.903. The van der Waals surface area contributed by atoms with Crippen LogP contribution in [0.25, 0.3) is 0 Å². The molecule has 1 unspecified atom stereocenters. The molecule has 28 heavy (non-hydrogen) atoms. The molecule has 1 saturated heterocycles. The number of carboxylic acid groups (broad SMARTS) is 1. The SMILES string of the molecule is O=C([O-])c1cccc(N=C2C(=O)c3ccccc3C(=O)C2N2CCOCC2)c1. The van der Waals surface area contributed by atoms with Crippen molar-refractivity contribution in [2.75, 3.05) is 26.3 Å². The van der Waals surface area contributed by atoms with Gasteiger partial charge in [0.05, 0.1) is 24.9 Å². The van der Waals surface area contributed by atoms with Crippen molar-refractivity contribution < 1.29 is 24.2 Å². The summed E-state index contributed by atoms with van der Waals surface area (Å²) in [5, 5.41) is 11.1. The maximum absolute atomic E-state index is 13.2. The van der Waals surface area contributed by atoms with Gasteiger partial charge in [0.15, 0.2) is 5.78 Å². The zero-order valence-corrected chi connectivity index (χ0v) is 15.0. The van der Waals surface area contributed by atoms with E-state index in [2.05, 4.69) is 4.99 Å². The summed E-state index contributed by atoms with van der Waals surface area (Å²) in [6.07, 6.45) is 0. The van der Waals surface area contributed by atoms with Gasteiger partial charge in [-0.15, -0.1) is 0 Å². The van der Waals surface area contributed by atoms with Crippen molar-refractivity contribution in [1.82, 2.24) is 4.90 Å². The van der Waals surface area contributed by atoms with Gasteiger partial charge in [-0.25, -0.2) is 4.99 Å². The summed E-state index contributed by atoms with van der Waals surface area (Å²) in [6, 6.07) is 11.7.